The van der Waals surface area contributed by atoms with Crippen LogP contribution in [-0.2, 0) is 11.2 Å². The monoisotopic (exact) mass is 414 g/mol. The summed E-state index contributed by atoms with van der Waals surface area (Å²) in [6, 6.07) is 8.80. The molecule has 28 heavy (non-hydrogen) atoms. The van der Waals surface area contributed by atoms with Gasteiger partial charge in [-0.05, 0) is 30.0 Å². The summed E-state index contributed by atoms with van der Waals surface area (Å²) in [5.41, 5.74) is 2.19. The van der Waals surface area contributed by atoms with E-state index in [-0.39, 0.29) is 24.1 Å². The largest absolute Gasteiger partial charge is 0.355 e. The Kier molecular flexibility index (Phi) is 6.17. The molecule has 0 aliphatic carbocycles. The fourth-order valence-electron chi connectivity index (χ4n) is 2.57. The molecule has 0 spiro atoms. The first kappa shape index (κ1) is 19.7. The number of carbonyl (C=O) groups excluding carboxylic acids is 3. The molecule has 3 amide bonds. The standard InChI is InChI=1S/C19H18N4O3S2/c1-11-5-3-6-13(16(11)18(26)20-2)22-15(24)9-12-10-28-19(21-12)23-17(25)14-7-4-8-27-14/h3-8,10H,9H2,1-2H3,(H,20,26)(H,22,24)(H,21,23,25). The van der Waals surface area contributed by atoms with Crippen LogP contribution >= 0.6 is 22.7 Å². The number of aryl methyl sites for hydroxylation is 1. The number of rotatable bonds is 6. The number of carbonyl (C=O) groups is 3. The van der Waals surface area contributed by atoms with E-state index in [0.717, 1.165) is 5.56 Å². The van der Waals surface area contributed by atoms with Crippen molar-refractivity contribution >= 4 is 51.2 Å². The van der Waals surface area contributed by atoms with E-state index >= 15 is 0 Å². The maximum absolute atomic E-state index is 12.4. The van der Waals surface area contributed by atoms with Crippen LogP contribution in [0.2, 0.25) is 0 Å². The average Bonchev–Trinajstić information content (AvgIpc) is 3.33. The maximum atomic E-state index is 12.4. The molecule has 0 saturated heterocycles. The summed E-state index contributed by atoms with van der Waals surface area (Å²) >= 11 is 2.60. The number of nitrogens with zero attached hydrogens (tertiary/aromatic N) is 1. The molecular weight excluding hydrogens is 396 g/mol. The Morgan fingerprint density at radius 3 is 2.57 bits per heavy atom. The van der Waals surface area contributed by atoms with Crippen molar-refractivity contribution in [3.8, 4) is 0 Å². The summed E-state index contributed by atoms with van der Waals surface area (Å²) in [5.74, 6) is -0.784. The van der Waals surface area contributed by atoms with Gasteiger partial charge in [0.25, 0.3) is 11.8 Å². The van der Waals surface area contributed by atoms with E-state index < -0.39 is 0 Å². The lowest BCUT2D eigenvalue weighted by Gasteiger charge is -2.12. The quantitative estimate of drug-likeness (QED) is 0.576. The second kappa shape index (κ2) is 8.77. The minimum atomic E-state index is -0.294. The number of amides is 3. The van der Waals surface area contributed by atoms with Crippen molar-refractivity contribution in [2.45, 2.75) is 13.3 Å². The molecule has 0 aliphatic rings. The summed E-state index contributed by atoms with van der Waals surface area (Å²) in [6.07, 6.45) is 0.0342. The SMILES string of the molecule is CNC(=O)c1c(C)cccc1NC(=O)Cc1csc(NC(=O)c2cccs2)n1. The molecule has 3 N–H and O–H groups in total. The summed E-state index contributed by atoms with van der Waals surface area (Å²) in [6.45, 7) is 1.81. The number of nitrogens with one attached hydrogen (secondary N) is 3. The lowest BCUT2D eigenvalue weighted by molar-refractivity contribution is -0.115. The second-order valence-electron chi connectivity index (χ2n) is 5.88. The Bertz CT molecular complexity index is 1010. The van der Waals surface area contributed by atoms with E-state index in [2.05, 4.69) is 20.9 Å². The molecular formula is C19H18N4O3S2. The van der Waals surface area contributed by atoms with Gasteiger partial charge >= 0.3 is 0 Å². The molecule has 3 aromatic rings. The lowest BCUT2D eigenvalue weighted by atomic mass is 10.1. The predicted molar refractivity (Wildman–Crippen MR) is 111 cm³/mol. The molecule has 9 heteroatoms. The zero-order valence-corrected chi connectivity index (χ0v) is 16.9. The zero-order chi connectivity index (χ0) is 20.1. The van der Waals surface area contributed by atoms with Crippen molar-refractivity contribution in [1.29, 1.82) is 0 Å². The van der Waals surface area contributed by atoms with Gasteiger partial charge in [-0.3, -0.25) is 19.7 Å². The van der Waals surface area contributed by atoms with Crippen LogP contribution in [0, 0.1) is 6.92 Å². The van der Waals surface area contributed by atoms with E-state index in [0.29, 0.717) is 27.0 Å². The van der Waals surface area contributed by atoms with Crippen molar-refractivity contribution < 1.29 is 14.4 Å². The van der Waals surface area contributed by atoms with Gasteiger partial charge in [0.1, 0.15) is 0 Å². The van der Waals surface area contributed by atoms with E-state index in [4.69, 9.17) is 0 Å². The minimum absolute atomic E-state index is 0.0342. The van der Waals surface area contributed by atoms with Crippen molar-refractivity contribution in [3.63, 3.8) is 0 Å². The fourth-order valence-corrected chi connectivity index (χ4v) is 3.89. The van der Waals surface area contributed by atoms with Crippen LogP contribution in [0.25, 0.3) is 0 Å². The van der Waals surface area contributed by atoms with Crippen LogP contribution in [0.5, 0.6) is 0 Å². The molecule has 0 fully saturated rings. The van der Waals surface area contributed by atoms with Gasteiger partial charge < -0.3 is 10.6 Å². The fraction of sp³-hybridized carbons (Fsp3) is 0.158. The third kappa shape index (κ3) is 4.62. The van der Waals surface area contributed by atoms with Gasteiger partial charge in [0.05, 0.1) is 28.2 Å². The molecule has 0 aliphatic heterocycles. The van der Waals surface area contributed by atoms with Crippen molar-refractivity contribution in [2.24, 2.45) is 0 Å². The number of thiophene rings is 1. The van der Waals surface area contributed by atoms with E-state index in [1.807, 2.05) is 18.4 Å². The molecule has 0 unspecified atom stereocenters. The molecule has 144 valence electrons. The minimum Gasteiger partial charge on any atom is -0.355 e. The van der Waals surface area contributed by atoms with E-state index in [1.165, 1.54) is 22.7 Å². The van der Waals surface area contributed by atoms with Gasteiger partial charge in [0.15, 0.2) is 5.13 Å². The van der Waals surface area contributed by atoms with Crippen LogP contribution < -0.4 is 16.0 Å². The Labute approximate surface area is 169 Å². The lowest BCUT2D eigenvalue weighted by Crippen LogP contribution is -2.23. The first-order valence-corrected chi connectivity index (χ1v) is 10.1. The number of hydrogen-bond acceptors (Lipinski definition) is 6. The number of anilines is 2. The van der Waals surface area contributed by atoms with Crippen LogP contribution in [0.1, 0.15) is 31.3 Å². The van der Waals surface area contributed by atoms with Gasteiger partial charge in [-0.15, -0.1) is 22.7 Å². The highest BCUT2D eigenvalue weighted by atomic mass is 32.1. The van der Waals surface area contributed by atoms with Gasteiger partial charge in [-0.2, -0.15) is 0 Å². The third-order valence-electron chi connectivity index (χ3n) is 3.86. The molecule has 1 aromatic carbocycles. The Balaban J connectivity index is 1.65. The number of hydrogen-bond donors (Lipinski definition) is 3. The number of thiazole rings is 1. The molecule has 3 rings (SSSR count). The van der Waals surface area contributed by atoms with Gasteiger partial charge in [-0.1, -0.05) is 18.2 Å². The summed E-state index contributed by atoms with van der Waals surface area (Å²) in [4.78, 5) is 41.4. The highest BCUT2D eigenvalue weighted by Crippen LogP contribution is 2.21. The highest BCUT2D eigenvalue weighted by Gasteiger charge is 2.16. The zero-order valence-electron chi connectivity index (χ0n) is 15.2. The summed E-state index contributed by atoms with van der Waals surface area (Å²) < 4.78 is 0. The summed E-state index contributed by atoms with van der Waals surface area (Å²) in [7, 11) is 1.54. The average molecular weight is 415 g/mol. The van der Waals surface area contributed by atoms with E-state index in [1.54, 1.807) is 36.7 Å². The smallest absolute Gasteiger partial charge is 0.267 e. The van der Waals surface area contributed by atoms with Gasteiger partial charge in [0.2, 0.25) is 5.91 Å². The maximum Gasteiger partial charge on any atom is 0.267 e. The Morgan fingerprint density at radius 2 is 1.86 bits per heavy atom. The Hall–Kier alpha value is -3.04. The van der Waals surface area contributed by atoms with Crippen molar-refractivity contribution in [2.75, 3.05) is 17.7 Å². The molecule has 0 bridgehead atoms. The van der Waals surface area contributed by atoms with E-state index in [9.17, 15) is 14.4 Å². The Morgan fingerprint density at radius 1 is 1.04 bits per heavy atom. The highest BCUT2D eigenvalue weighted by molar-refractivity contribution is 7.14. The summed E-state index contributed by atoms with van der Waals surface area (Å²) in [5, 5.41) is 12.0. The van der Waals surface area contributed by atoms with Crippen LogP contribution in [0.15, 0.2) is 41.1 Å². The van der Waals surface area contributed by atoms with Crippen molar-refractivity contribution in [3.05, 3.63) is 62.8 Å². The molecule has 0 saturated carbocycles. The van der Waals surface area contributed by atoms with Crippen LogP contribution in [-0.4, -0.2) is 29.8 Å². The number of aromatic nitrogens is 1. The molecule has 2 heterocycles. The molecule has 0 radical (unpaired) electrons. The topological polar surface area (TPSA) is 100 Å². The van der Waals surface area contributed by atoms with Gasteiger partial charge in [-0.25, -0.2) is 4.98 Å². The molecule has 7 nitrogen and oxygen atoms in total. The van der Waals surface area contributed by atoms with Crippen LogP contribution in [0.4, 0.5) is 10.8 Å². The molecule has 0 atom stereocenters. The first-order valence-electron chi connectivity index (χ1n) is 8.38. The normalized spacial score (nSPS) is 10.4. The second-order valence-corrected chi connectivity index (χ2v) is 7.68. The predicted octanol–water partition coefficient (Wildman–Crippen LogP) is 3.31. The van der Waals surface area contributed by atoms with Crippen LogP contribution in [0.3, 0.4) is 0 Å². The third-order valence-corrected chi connectivity index (χ3v) is 5.54. The van der Waals surface area contributed by atoms with Crippen molar-refractivity contribution in [1.82, 2.24) is 10.3 Å². The number of benzene rings is 1. The molecule has 2 aromatic heterocycles. The first-order chi connectivity index (χ1) is 13.5. The van der Waals surface area contributed by atoms with Gasteiger partial charge in [0, 0.05) is 12.4 Å².